The van der Waals surface area contributed by atoms with Crippen LogP contribution in [0.25, 0.3) is 0 Å². The second-order valence-electron chi connectivity index (χ2n) is 4.61. The van der Waals surface area contributed by atoms with Crippen molar-refractivity contribution >= 4 is 17.3 Å². The van der Waals surface area contributed by atoms with Crippen molar-refractivity contribution in [2.24, 2.45) is 5.73 Å². The predicted molar refractivity (Wildman–Crippen MR) is 77.9 cm³/mol. The zero-order valence-corrected chi connectivity index (χ0v) is 11.1. The summed E-state index contributed by atoms with van der Waals surface area (Å²) in [5.41, 5.74) is 13.6. The molecule has 4 N–H and O–H groups in total. The number of anilines is 2. The Morgan fingerprint density at radius 2 is 2.00 bits per heavy atom. The molecule has 0 spiro atoms. The van der Waals surface area contributed by atoms with Crippen molar-refractivity contribution in [3.63, 3.8) is 0 Å². The molecule has 104 valence electrons. The van der Waals surface area contributed by atoms with Crippen LogP contribution in [0.4, 0.5) is 15.8 Å². The van der Waals surface area contributed by atoms with Crippen molar-refractivity contribution in [3.05, 3.63) is 59.4 Å². The number of primary amides is 1. The molecule has 0 aliphatic carbocycles. The van der Waals surface area contributed by atoms with E-state index in [0.717, 1.165) is 11.3 Å². The van der Waals surface area contributed by atoms with E-state index >= 15 is 0 Å². The molecule has 2 rings (SSSR count). The van der Waals surface area contributed by atoms with Gasteiger partial charge in [0.1, 0.15) is 5.82 Å². The molecule has 2 aromatic rings. The lowest BCUT2D eigenvalue weighted by Gasteiger charge is -2.20. The second kappa shape index (κ2) is 5.61. The van der Waals surface area contributed by atoms with Crippen LogP contribution < -0.4 is 16.4 Å². The summed E-state index contributed by atoms with van der Waals surface area (Å²) in [6, 6.07) is 11.3. The first kappa shape index (κ1) is 13.9. The molecular weight excluding hydrogens is 257 g/mol. The highest BCUT2D eigenvalue weighted by molar-refractivity contribution is 5.93. The summed E-state index contributed by atoms with van der Waals surface area (Å²) in [6.45, 7) is 0.508. The maximum absolute atomic E-state index is 13.2. The van der Waals surface area contributed by atoms with Gasteiger partial charge >= 0.3 is 0 Å². The van der Waals surface area contributed by atoms with Crippen LogP contribution in [0, 0.1) is 5.82 Å². The molecule has 1 amide bonds. The number of hydrogen-bond acceptors (Lipinski definition) is 3. The summed E-state index contributed by atoms with van der Waals surface area (Å²) in [5.74, 6) is -0.798. The van der Waals surface area contributed by atoms with Crippen LogP contribution in [0.2, 0.25) is 0 Å². The summed E-state index contributed by atoms with van der Waals surface area (Å²) in [5, 5.41) is 0. The van der Waals surface area contributed by atoms with Gasteiger partial charge in [0.2, 0.25) is 5.91 Å². The average Bonchev–Trinajstić information content (AvgIpc) is 2.40. The molecule has 0 bridgehead atoms. The normalized spacial score (nSPS) is 10.3. The molecule has 0 radical (unpaired) electrons. The number of carbonyl (C=O) groups is 1. The van der Waals surface area contributed by atoms with E-state index in [-0.39, 0.29) is 5.82 Å². The monoisotopic (exact) mass is 273 g/mol. The fourth-order valence-corrected chi connectivity index (χ4v) is 1.95. The molecule has 20 heavy (non-hydrogen) atoms. The van der Waals surface area contributed by atoms with Crippen molar-refractivity contribution in [3.8, 4) is 0 Å². The second-order valence-corrected chi connectivity index (χ2v) is 4.61. The topological polar surface area (TPSA) is 72.3 Å². The largest absolute Gasteiger partial charge is 0.398 e. The van der Waals surface area contributed by atoms with E-state index < -0.39 is 5.91 Å². The zero-order valence-electron chi connectivity index (χ0n) is 11.1. The molecule has 2 aromatic carbocycles. The van der Waals surface area contributed by atoms with Gasteiger partial charge in [-0.1, -0.05) is 12.1 Å². The number of rotatable bonds is 4. The van der Waals surface area contributed by atoms with Crippen LogP contribution in [0.15, 0.2) is 42.5 Å². The third kappa shape index (κ3) is 3.06. The van der Waals surface area contributed by atoms with E-state index in [0.29, 0.717) is 17.8 Å². The number of halogens is 1. The standard InChI is InChI=1S/C15H16FN3O/c1-19(13-4-2-3-12(16)8-13)9-11-6-5-10(15(18)20)7-14(11)17/h2-8H,9,17H2,1H3,(H2,18,20). The molecule has 0 heterocycles. The number of nitrogen functional groups attached to an aromatic ring is 1. The van der Waals surface area contributed by atoms with Crippen molar-refractivity contribution < 1.29 is 9.18 Å². The van der Waals surface area contributed by atoms with Gasteiger partial charge in [-0.25, -0.2) is 4.39 Å². The van der Waals surface area contributed by atoms with Gasteiger partial charge in [0.15, 0.2) is 0 Å². The van der Waals surface area contributed by atoms with E-state index in [9.17, 15) is 9.18 Å². The third-order valence-electron chi connectivity index (χ3n) is 3.09. The van der Waals surface area contributed by atoms with E-state index in [2.05, 4.69) is 0 Å². The first-order chi connectivity index (χ1) is 9.47. The minimum Gasteiger partial charge on any atom is -0.398 e. The smallest absolute Gasteiger partial charge is 0.248 e. The summed E-state index contributed by atoms with van der Waals surface area (Å²) < 4.78 is 13.2. The Kier molecular flexibility index (Phi) is 3.89. The Morgan fingerprint density at radius 1 is 1.25 bits per heavy atom. The van der Waals surface area contributed by atoms with Gasteiger partial charge in [-0.15, -0.1) is 0 Å². The van der Waals surface area contributed by atoms with Gasteiger partial charge in [0.05, 0.1) is 0 Å². The molecule has 0 saturated carbocycles. The minimum atomic E-state index is -0.512. The summed E-state index contributed by atoms with van der Waals surface area (Å²) in [6.07, 6.45) is 0. The molecule has 0 fully saturated rings. The number of nitrogens with two attached hydrogens (primary N) is 2. The van der Waals surface area contributed by atoms with Crippen LogP contribution in [0.5, 0.6) is 0 Å². The van der Waals surface area contributed by atoms with E-state index in [1.807, 2.05) is 18.0 Å². The highest BCUT2D eigenvalue weighted by Gasteiger charge is 2.08. The Hall–Kier alpha value is -2.56. The quantitative estimate of drug-likeness (QED) is 0.838. The number of nitrogens with zero attached hydrogens (tertiary/aromatic N) is 1. The number of benzene rings is 2. The molecule has 4 nitrogen and oxygen atoms in total. The molecule has 0 saturated heterocycles. The first-order valence-electron chi connectivity index (χ1n) is 6.12. The number of amides is 1. The molecule has 0 aliphatic rings. The lowest BCUT2D eigenvalue weighted by atomic mass is 10.1. The Balaban J connectivity index is 2.19. The summed E-state index contributed by atoms with van der Waals surface area (Å²) >= 11 is 0. The van der Waals surface area contributed by atoms with E-state index in [4.69, 9.17) is 11.5 Å². The molecule has 0 aliphatic heterocycles. The van der Waals surface area contributed by atoms with Gasteiger partial charge in [-0.3, -0.25) is 4.79 Å². The van der Waals surface area contributed by atoms with Crippen LogP contribution >= 0.6 is 0 Å². The maximum Gasteiger partial charge on any atom is 0.248 e. The van der Waals surface area contributed by atoms with Crippen molar-refractivity contribution in [2.45, 2.75) is 6.54 Å². The maximum atomic E-state index is 13.2. The summed E-state index contributed by atoms with van der Waals surface area (Å²) in [7, 11) is 1.84. The van der Waals surface area contributed by atoms with Crippen molar-refractivity contribution in [1.29, 1.82) is 0 Å². The predicted octanol–water partition coefficient (Wildman–Crippen LogP) is 2.14. The minimum absolute atomic E-state index is 0.286. The fourth-order valence-electron chi connectivity index (χ4n) is 1.95. The van der Waals surface area contributed by atoms with Gasteiger partial charge in [-0.05, 0) is 35.9 Å². The highest BCUT2D eigenvalue weighted by atomic mass is 19.1. The molecule has 0 aromatic heterocycles. The van der Waals surface area contributed by atoms with Gasteiger partial charge in [-0.2, -0.15) is 0 Å². The lowest BCUT2D eigenvalue weighted by Crippen LogP contribution is -2.18. The number of carbonyl (C=O) groups excluding carboxylic acids is 1. The van der Waals surface area contributed by atoms with Gasteiger partial charge < -0.3 is 16.4 Å². The van der Waals surface area contributed by atoms with Crippen LogP contribution in [0.1, 0.15) is 15.9 Å². The Morgan fingerprint density at radius 3 is 2.60 bits per heavy atom. The van der Waals surface area contributed by atoms with E-state index in [1.54, 1.807) is 24.3 Å². The van der Waals surface area contributed by atoms with E-state index in [1.165, 1.54) is 12.1 Å². The molecule has 0 atom stereocenters. The van der Waals surface area contributed by atoms with Crippen LogP contribution in [-0.4, -0.2) is 13.0 Å². The average molecular weight is 273 g/mol. The van der Waals surface area contributed by atoms with Crippen molar-refractivity contribution in [1.82, 2.24) is 0 Å². The first-order valence-corrected chi connectivity index (χ1v) is 6.12. The number of hydrogen-bond donors (Lipinski definition) is 2. The van der Waals surface area contributed by atoms with Crippen LogP contribution in [0.3, 0.4) is 0 Å². The SMILES string of the molecule is CN(Cc1ccc(C(N)=O)cc1N)c1cccc(F)c1. The zero-order chi connectivity index (χ0) is 14.7. The Labute approximate surface area is 116 Å². The third-order valence-corrected chi connectivity index (χ3v) is 3.09. The lowest BCUT2D eigenvalue weighted by molar-refractivity contribution is 0.100. The van der Waals surface area contributed by atoms with Gasteiger partial charge in [0.25, 0.3) is 0 Å². The van der Waals surface area contributed by atoms with Crippen LogP contribution in [-0.2, 0) is 6.54 Å². The van der Waals surface area contributed by atoms with Gasteiger partial charge in [0, 0.05) is 30.5 Å². The molecule has 5 heteroatoms. The Bertz CT molecular complexity index is 643. The molecule has 0 unspecified atom stereocenters. The summed E-state index contributed by atoms with van der Waals surface area (Å²) in [4.78, 5) is 12.9. The van der Waals surface area contributed by atoms with Crippen molar-refractivity contribution in [2.75, 3.05) is 17.7 Å². The fraction of sp³-hybridized carbons (Fsp3) is 0.133. The highest BCUT2D eigenvalue weighted by Crippen LogP contribution is 2.20. The molecular formula is C15H16FN3O.